The van der Waals surface area contributed by atoms with Crippen LogP contribution in [0.5, 0.6) is 0 Å². The molecule has 1 aromatic carbocycles. The fraction of sp³-hybridized carbons (Fsp3) is 0.500. The predicted octanol–water partition coefficient (Wildman–Crippen LogP) is 2.58. The van der Waals surface area contributed by atoms with Crippen molar-refractivity contribution in [3.05, 3.63) is 38.9 Å². The van der Waals surface area contributed by atoms with Crippen LogP contribution < -0.4 is 0 Å². The van der Waals surface area contributed by atoms with E-state index in [0.29, 0.717) is 26.2 Å². The van der Waals surface area contributed by atoms with Crippen LogP contribution in [0, 0.1) is 15.5 Å². The molecule has 8 heteroatoms. The molecule has 0 saturated carbocycles. The number of benzene rings is 1. The molecule has 0 spiro atoms. The minimum atomic E-state index is -0.559. The normalized spacial score (nSPS) is 15.3. The van der Waals surface area contributed by atoms with Crippen LogP contribution in [0.1, 0.15) is 31.1 Å². The van der Waals surface area contributed by atoms with Crippen molar-refractivity contribution in [2.75, 3.05) is 26.2 Å². The molecular formula is C16H20ClN3O4. The summed E-state index contributed by atoms with van der Waals surface area (Å²) in [6.45, 7) is 7.34. The van der Waals surface area contributed by atoms with E-state index in [-0.39, 0.29) is 28.1 Å². The van der Waals surface area contributed by atoms with Crippen molar-refractivity contribution in [1.29, 1.82) is 0 Å². The quantitative estimate of drug-likeness (QED) is 0.604. The minimum absolute atomic E-state index is 0.0578. The van der Waals surface area contributed by atoms with Crippen LogP contribution in [0.3, 0.4) is 0 Å². The summed E-state index contributed by atoms with van der Waals surface area (Å²) in [5.41, 5.74) is -0.372. The highest BCUT2D eigenvalue weighted by molar-refractivity contribution is 6.34. The van der Waals surface area contributed by atoms with Gasteiger partial charge in [-0.05, 0) is 6.07 Å². The van der Waals surface area contributed by atoms with Gasteiger partial charge in [0.25, 0.3) is 11.6 Å². The molecule has 1 aliphatic heterocycles. The SMILES string of the molecule is CC(C)(C)C(=O)N1CCN(C(=O)c2ccc([N+](=O)[O-])cc2Cl)CC1. The number of hydrogen-bond acceptors (Lipinski definition) is 4. The van der Waals surface area contributed by atoms with E-state index in [1.54, 1.807) is 9.80 Å². The first kappa shape index (κ1) is 18.2. The third-order valence-electron chi connectivity index (χ3n) is 3.89. The van der Waals surface area contributed by atoms with Gasteiger partial charge in [0.05, 0.1) is 15.5 Å². The van der Waals surface area contributed by atoms with Crippen LogP contribution in [-0.4, -0.2) is 52.7 Å². The maximum absolute atomic E-state index is 12.5. The summed E-state index contributed by atoms with van der Waals surface area (Å²) in [7, 11) is 0. The summed E-state index contributed by atoms with van der Waals surface area (Å²) in [4.78, 5) is 38.3. The maximum atomic E-state index is 12.5. The summed E-state index contributed by atoms with van der Waals surface area (Å²) in [5, 5.41) is 10.8. The van der Waals surface area contributed by atoms with Crippen molar-refractivity contribution in [2.24, 2.45) is 5.41 Å². The van der Waals surface area contributed by atoms with E-state index in [1.807, 2.05) is 20.8 Å². The van der Waals surface area contributed by atoms with Crippen molar-refractivity contribution >= 4 is 29.1 Å². The van der Waals surface area contributed by atoms with Crippen LogP contribution >= 0.6 is 11.6 Å². The highest BCUT2D eigenvalue weighted by Gasteiger charge is 2.31. The fourth-order valence-corrected chi connectivity index (χ4v) is 2.80. The Hall–Kier alpha value is -2.15. The third kappa shape index (κ3) is 3.84. The number of halogens is 1. The lowest BCUT2D eigenvalue weighted by Crippen LogP contribution is -2.53. The zero-order valence-electron chi connectivity index (χ0n) is 13.9. The number of carbonyl (C=O) groups is 2. The molecule has 1 heterocycles. The molecule has 0 aromatic heterocycles. The van der Waals surface area contributed by atoms with Crippen molar-refractivity contribution in [3.8, 4) is 0 Å². The summed E-state index contributed by atoms with van der Waals surface area (Å²) in [6.07, 6.45) is 0. The second kappa shape index (κ2) is 6.76. The van der Waals surface area contributed by atoms with E-state index in [2.05, 4.69) is 0 Å². The van der Waals surface area contributed by atoms with Gasteiger partial charge in [-0.3, -0.25) is 19.7 Å². The molecule has 1 aromatic rings. The molecule has 2 rings (SSSR count). The Balaban J connectivity index is 2.06. The molecule has 0 N–H and O–H groups in total. The van der Waals surface area contributed by atoms with Crippen molar-refractivity contribution in [1.82, 2.24) is 9.80 Å². The van der Waals surface area contributed by atoms with Gasteiger partial charge in [-0.2, -0.15) is 0 Å². The van der Waals surface area contributed by atoms with Crippen LogP contribution in [0.2, 0.25) is 5.02 Å². The molecule has 0 unspecified atom stereocenters. The van der Waals surface area contributed by atoms with E-state index >= 15 is 0 Å². The zero-order chi connectivity index (χ0) is 18.1. The molecule has 0 bridgehead atoms. The van der Waals surface area contributed by atoms with Crippen LogP contribution in [0.15, 0.2) is 18.2 Å². The van der Waals surface area contributed by atoms with E-state index in [4.69, 9.17) is 11.6 Å². The van der Waals surface area contributed by atoms with Gasteiger partial charge in [0, 0.05) is 43.7 Å². The summed E-state index contributed by atoms with van der Waals surface area (Å²) in [6, 6.07) is 3.81. The Bertz CT molecular complexity index is 676. The molecule has 2 amide bonds. The topological polar surface area (TPSA) is 83.8 Å². The van der Waals surface area contributed by atoms with Crippen molar-refractivity contribution in [2.45, 2.75) is 20.8 Å². The van der Waals surface area contributed by atoms with Gasteiger partial charge >= 0.3 is 0 Å². The van der Waals surface area contributed by atoms with Crippen molar-refractivity contribution in [3.63, 3.8) is 0 Å². The van der Waals surface area contributed by atoms with Crippen LogP contribution in [-0.2, 0) is 4.79 Å². The monoisotopic (exact) mass is 353 g/mol. The first-order chi connectivity index (χ1) is 11.1. The van der Waals surface area contributed by atoms with Gasteiger partial charge < -0.3 is 9.80 Å². The molecular weight excluding hydrogens is 334 g/mol. The zero-order valence-corrected chi connectivity index (χ0v) is 14.7. The number of nitrogens with zero attached hydrogens (tertiary/aromatic N) is 3. The number of nitro benzene ring substituents is 1. The molecule has 24 heavy (non-hydrogen) atoms. The minimum Gasteiger partial charge on any atom is -0.339 e. The lowest BCUT2D eigenvalue weighted by molar-refractivity contribution is -0.384. The van der Waals surface area contributed by atoms with E-state index in [1.165, 1.54) is 18.2 Å². The summed E-state index contributed by atoms with van der Waals surface area (Å²) < 4.78 is 0. The van der Waals surface area contributed by atoms with Gasteiger partial charge in [-0.15, -0.1) is 0 Å². The average molecular weight is 354 g/mol. The van der Waals surface area contributed by atoms with Crippen molar-refractivity contribution < 1.29 is 14.5 Å². The molecule has 0 atom stereocenters. The van der Waals surface area contributed by atoms with Gasteiger partial charge in [-0.25, -0.2) is 0 Å². The van der Waals surface area contributed by atoms with Gasteiger partial charge in [0.1, 0.15) is 0 Å². The Morgan fingerprint density at radius 3 is 2.12 bits per heavy atom. The second-order valence-corrected chi connectivity index (χ2v) is 7.16. The fourth-order valence-electron chi connectivity index (χ4n) is 2.55. The van der Waals surface area contributed by atoms with E-state index in [0.717, 1.165) is 0 Å². The first-order valence-corrected chi connectivity index (χ1v) is 8.01. The molecule has 1 aliphatic rings. The lowest BCUT2D eigenvalue weighted by atomic mass is 9.94. The Morgan fingerprint density at radius 2 is 1.67 bits per heavy atom. The molecule has 1 fully saturated rings. The third-order valence-corrected chi connectivity index (χ3v) is 4.20. The first-order valence-electron chi connectivity index (χ1n) is 7.64. The number of rotatable bonds is 2. The van der Waals surface area contributed by atoms with E-state index < -0.39 is 10.3 Å². The second-order valence-electron chi connectivity index (χ2n) is 6.76. The van der Waals surface area contributed by atoms with Gasteiger partial charge in [0.15, 0.2) is 0 Å². The Labute approximate surface area is 145 Å². The highest BCUT2D eigenvalue weighted by Crippen LogP contribution is 2.25. The predicted molar refractivity (Wildman–Crippen MR) is 90.0 cm³/mol. The maximum Gasteiger partial charge on any atom is 0.270 e. The van der Waals surface area contributed by atoms with Gasteiger partial charge in [0.2, 0.25) is 5.91 Å². The average Bonchev–Trinajstić information content (AvgIpc) is 2.52. The van der Waals surface area contributed by atoms with Crippen LogP contribution in [0.25, 0.3) is 0 Å². The largest absolute Gasteiger partial charge is 0.339 e. The number of amides is 2. The molecule has 130 valence electrons. The molecule has 0 aliphatic carbocycles. The number of non-ortho nitro benzene ring substituents is 1. The Morgan fingerprint density at radius 1 is 1.12 bits per heavy atom. The molecule has 1 saturated heterocycles. The molecule has 0 radical (unpaired) electrons. The number of carbonyl (C=O) groups excluding carboxylic acids is 2. The number of hydrogen-bond donors (Lipinski definition) is 0. The summed E-state index contributed by atoms with van der Waals surface area (Å²) >= 11 is 6.01. The number of piperazine rings is 1. The smallest absolute Gasteiger partial charge is 0.270 e. The molecule has 7 nitrogen and oxygen atoms in total. The standard InChI is InChI=1S/C16H20ClN3O4/c1-16(2,3)15(22)19-8-6-18(7-9-19)14(21)12-5-4-11(20(23)24)10-13(12)17/h4-5,10H,6-9H2,1-3H3. The van der Waals surface area contributed by atoms with Crippen LogP contribution in [0.4, 0.5) is 5.69 Å². The highest BCUT2D eigenvalue weighted by atomic mass is 35.5. The Kier molecular flexibility index (Phi) is 5.13. The number of nitro groups is 1. The summed E-state index contributed by atoms with van der Waals surface area (Å²) in [5.74, 6) is -0.222. The van der Waals surface area contributed by atoms with E-state index in [9.17, 15) is 19.7 Å². The van der Waals surface area contributed by atoms with Gasteiger partial charge in [-0.1, -0.05) is 32.4 Å². The lowest BCUT2D eigenvalue weighted by Gasteiger charge is -2.37.